The molecule has 0 aliphatic heterocycles. The first-order valence-electron chi connectivity index (χ1n) is 6.46. The summed E-state index contributed by atoms with van der Waals surface area (Å²) >= 11 is 0. The molecule has 0 aromatic heterocycles. The average Bonchev–Trinajstić information content (AvgIpc) is 2.26. The minimum Gasteiger partial charge on any atom is -0.381 e. The van der Waals surface area contributed by atoms with Crippen LogP contribution in [0.25, 0.3) is 0 Å². The number of nitrogens with two attached hydrogens (primary N) is 1. The highest BCUT2D eigenvalue weighted by Crippen LogP contribution is 2.02. The summed E-state index contributed by atoms with van der Waals surface area (Å²) in [5.74, 6) is -0.340. The third-order valence-corrected chi connectivity index (χ3v) is 2.52. The summed E-state index contributed by atoms with van der Waals surface area (Å²) in [6.45, 7) is 5.17. The Bertz CT molecular complexity index is 212. The molecular formula is C13H26N2O. The number of amides is 1. The van der Waals surface area contributed by atoms with Crippen LogP contribution in [0.2, 0.25) is 0 Å². The van der Waals surface area contributed by atoms with Gasteiger partial charge in [-0.25, -0.2) is 0 Å². The van der Waals surface area contributed by atoms with E-state index in [4.69, 9.17) is 5.73 Å². The Morgan fingerprint density at radius 2 is 1.75 bits per heavy atom. The zero-order valence-electron chi connectivity index (χ0n) is 10.7. The van der Waals surface area contributed by atoms with Crippen LogP contribution < -0.4 is 11.1 Å². The van der Waals surface area contributed by atoms with Crippen molar-refractivity contribution in [1.29, 1.82) is 0 Å². The molecule has 94 valence electrons. The van der Waals surface area contributed by atoms with Gasteiger partial charge in [0, 0.05) is 6.54 Å². The molecule has 3 N–H and O–H groups in total. The molecule has 0 saturated heterocycles. The Kier molecular flexibility index (Phi) is 9.87. The fourth-order valence-corrected chi connectivity index (χ4v) is 1.50. The maximum Gasteiger partial charge on any atom is 0.264 e. The third-order valence-electron chi connectivity index (χ3n) is 2.52. The second-order valence-corrected chi connectivity index (χ2v) is 4.11. The van der Waals surface area contributed by atoms with E-state index in [1.807, 2.05) is 6.08 Å². The van der Waals surface area contributed by atoms with Crippen LogP contribution in [0.1, 0.15) is 58.8 Å². The first kappa shape index (κ1) is 15.0. The van der Waals surface area contributed by atoms with Gasteiger partial charge in [-0.3, -0.25) is 4.79 Å². The van der Waals surface area contributed by atoms with Gasteiger partial charge in [-0.2, -0.15) is 0 Å². The van der Waals surface area contributed by atoms with E-state index in [1.165, 1.54) is 25.7 Å². The number of hydrogen-bond donors (Lipinski definition) is 2. The monoisotopic (exact) mass is 226 g/mol. The molecule has 0 bridgehead atoms. The van der Waals surface area contributed by atoms with Crippen LogP contribution in [0.3, 0.4) is 0 Å². The van der Waals surface area contributed by atoms with Gasteiger partial charge in [0.2, 0.25) is 0 Å². The molecule has 0 fully saturated rings. The number of rotatable bonds is 10. The van der Waals surface area contributed by atoms with E-state index in [0.29, 0.717) is 5.70 Å². The fraction of sp³-hybridized carbons (Fsp3) is 0.769. The number of nitrogens with one attached hydrogen (secondary N) is 1. The second kappa shape index (κ2) is 10.5. The number of unbranched alkanes of at least 4 members (excludes halogenated alkanes) is 5. The molecule has 0 heterocycles. The number of carbonyl (C=O) groups excluding carboxylic acids is 1. The minimum absolute atomic E-state index is 0.340. The average molecular weight is 226 g/mol. The molecule has 3 heteroatoms. The predicted molar refractivity (Wildman–Crippen MR) is 68.9 cm³/mol. The lowest BCUT2D eigenvalue weighted by Crippen LogP contribution is -2.27. The molecule has 3 nitrogen and oxygen atoms in total. The zero-order valence-corrected chi connectivity index (χ0v) is 10.7. The van der Waals surface area contributed by atoms with Crippen molar-refractivity contribution in [3.63, 3.8) is 0 Å². The Balaban J connectivity index is 3.82. The van der Waals surface area contributed by atoms with Crippen LogP contribution in [-0.4, -0.2) is 12.5 Å². The number of carbonyl (C=O) groups is 1. The Hall–Kier alpha value is -0.990. The quantitative estimate of drug-likeness (QED) is 0.444. The molecule has 0 aromatic rings. The van der Waals surface area contributed by atoms with Crippen LogP contribution in [0, 0.1) is 0 Å². The van der Waals surface area contributed by atoms with Crippen molar-refractivity contribution >= 4 is 5.91 Å². The summed E-state index contributed by atoms with van der Waals surface area (Å²) in [7, 11) is 0. The molecule has 0 aliphatic rings. The van der Waals surface area contributed by atoms with Gasteiger partial charge in [0.15, 0.2) is 0 Å². The van der Waals surface area contributed by atoms with Gasteiger partial charge in [0.05, 0.1) is 5.70 Å². The van der Waals surface area contributed by atoms with E-state index in [-0.39, 0.29) is 5.91 Å². The molecule has 0 aromatic carbocycles. The molecular weight excluding hydrogens is 200 g/mol. The highest BCUT2D eigenvalue weighted by Gasteiger charge is 2.02. The first-order valence-corrected chi connectivity index (χ1v) is 6.46. The van der Waals surface area contributed by atoms with Crippen molar-refractivity contribution in [1.82, 2.24) is 5.32 Å². The Morgan fingerprint density at radius 3 is 2.31 bits per heavy atom. The maximum atomic E-state index is 11.1. The highest BCUT2D eigenvalue weighted by molar-refractivity contribution is 5.91. The summed E-state index contributed by atoms with van der Waals surface area (Å²) in [6, 6.07) is 0. The van der Waals surface area contributed by atoms with E-state index >= 15 is 0 Å². The van der Waals surface area contributed by atoms with Crippen molar-refractivity contribution in [3.8, 4) is 0 Å². The molecule has 0 spiro atoms. The van der Waals surface area contributed by atoms with Crippen LogP contribution in [-0.2, 0) is 4.79 Å². The molecule has 16 heavy (non-hydrogen) atoms. The minimum atomic E-state index is -0.340. The van der Waals surface area contributed by atoms with Crippen molar-refractivity contribution < 1.29 is 4.79 Å². The standard InChI is InChI=1S/C13H26N2O/c1-3-5-7-8-10-12(13(14)16)15-11-9-6-4-2/h10,15H,3-9,11H2,1-2H3,(H2,14,16). The van der Waals surface area contributed by atoms with E-state index in [9.17, 15) is 4.79 Å². The predicted octanol–water partition coefficient (Wildman–Crippen LogP) is 2.72. The summed E-state index contributed by atoms with van der Waals surface area (Å²) in [5.41, 5.74) is 5.89. The molecule has 1 amide bonds. The molecule has 0 aliphatic carbocycles. The summed E-state index contributed by atoms with van der Waals surface area (Å²) in [5, 5.41) is 3.12. The summed E-state index contributed by atoms with van der Waals surface area (Å²) < 4.78 is 0. The largest absolute Gasteiger partial charge is 0.381 e. The number of primary amides is 1. The normalized spacial score (nSPS) is 11.5. The zero-order chi connectivity index (χ0) is 12.2. The Labute approximate surface area is 99.5 Å². The van der Waals surface area contributed by atoms with Crippen molar-refractivity contribution in [2.75, 3.05) is 6.54 Å². The van der Waals surface area contributed by atoms with Gasteiger partial charge in [-0.1, -0.05) is 45.6 Å². The fourth-order valence-electron chi connectivity index (χ4n) is 1.50. The second-order valence-electron chi connectivity index (χ2n) is 4.11. The summed E-state index contributed by atoms with van der Waals surface area (Å²) in [4.78, 5) is 11.1. The van der Waals surface area contributed by atoms with Gasteiger partial charge in [-0.05, 0) is 19.3 Å². The van der Waals surface area contributed by atoms with Crippen LogP contribution in [0.5, 0.6) is 0 Å². The van der Waals surface area contributed by atoms with Crippen LogP contribution in [0.15, 0.2) is 11.8 Å². The number of allylic oxidation sites excluding steroid dienone is 1. The molecule has 0 radical (unpaired) electrons. The topological polar surface area (TPSA) is 55.1 Å². The van der Waals surface area contributed by atoms with E-state index in [2.05, 4.69) is 19.2 Å². The maximum absolute atomic E-state index is 11.1. The van der Waals surface area contributed by atoms with E-state index in [0.717, 1.165) is 25.8 Å². The van der Waals surface area contributed by atoms with Gasteiger partial charge in [0.1, 0.15) is 0 Å². The lowest BCUT2D eigenvalue weighted by molar-refractivity contribution is -0.114. The smallest absolute Gasteiger partial charge is 0.264 e. The van der Waals surface area contributed by atoms with E-state index in [1.54, 1.807) is 0 Å². The van der Waals surface area contributed by atoms with Crippen LogP contribution in [0.4, 0.5) is 0 Å². The van der Waals surface area contributed by atoms with Gasteiger partial charge in [0.25, 0.3) is 5.91 Å². The molecule has 0 atom stereocenters. The van der Waals surface area contributed by atoms with Gasteiger partial charge >= 0.3 is 0 Å². The Morgan fingerprint density at radius 1 is 1.12 bits per heavy atom. The lowest BCUT2D eigenvalue weighted by atomic mass is 10.2. The van der Waals surface area contributed by atoms with Gasteiger partial charge in [-0.15, -0.1) is 0 Å². The van der Waals surface area contributed by atoms with Gasteiger partial charge < -0.3 is 11.1 Å². The highest BCUT2D eigenvalue weighted by atomic mass is 16.1. The molecule has 0 unspecified atom stereocenters. The first-order chi connectivity index (χ1) is 7.72. The molecule has 0 rings (SSSR count). The third kappa shape index (κ3) is 8.33. The molecule has 0 saturated carbocycles. The van der Waals surface area contributed by atoms with Crippen molar-refractivity contribution in [2.24, 2.45) is 5.73 Å². The number of hydrogen-bond acceptors (Lipinski definition) is 2. The SMILES string of the molecule is CCCCCC=C(NCCCCC)C(N)=O. The lowest BCUT2D eigenvalue weighted by Gasteiger charge is -2.07. The van der Waals surface area contributed by atoms with Crippen LogP contribution >= 0.6 is 0 Å². The van der Waals surface area contributed by atoms with Crippen molar-refractivity contribution in [2.45, 2.75) is 58.8 Å². The van der Waals surface area contributed by atoms with Crippen molar-refractivity contribution in [3.05, 3.63) is 11.8 Å². The summed E-state index contributed by atoms with van der Waals surface area (Å²) in [6.07, 6.45) is 9.88. The van der Waals surface area contributed by atoms with E-state index < -0.39 is 0 Å².